The molecule has 6 aliphatic carbocycles. The lowest BCUT2D eigenvalue weighted by Crippen LogP contribution is -2.27. The van der Waals surface area contributed by atoms with Gasteiger partial charge in [0.15, 0.2) is 0 Å². The molecular formula is C122H80N2O2. The fourth-order valence-corrected chi connectivity index (χ4v) is 24.1. The Balaban J connectivity index is 0.600. The standard InChI is InChI=1S/C122H80N2O2/c1-119(2)101-35-13-4-24-86(101)92-64-60-82(70-109(92)119)123(80-56-51-76(52-57-80)75-47-49-77(50-48-75)79-55-67-116-100(69-79)97-31-12-20-44-114(97)125-116)83-61-65-95-91-29-9-19-41-107(91)122(112(95)71-83)106-40-18-8-27-89(106)93-63-46-74(68-110(93)122)73-120(3)102-36-14-10-32-99(102)117-108(120)42-23-43-113(117)124(81-58-53-78(54-59-81)85-33-22-34-98-96-30-11-21-45-115(96)126-118(85)98)84-62-66-94-90-28-7-17-39-105(90)121(111(94)72-84)103-37-15-5-25-87(103)88-26-6-16-38-104(88)121/h4-72H,73H2,1-3H3. The Morgan fingerprint density at radius 2 is 0.571 bits per heavy atom. The van der Waals surface area contributed by atoms with Crippen molar-refractivity contribution in [3.05, 3.63) is 491 Å². The van der Waals surface area contributed by atoms with Gasteiger partial charge in [-0.3, -0.25) is 0 Å². The second kappa shape index (κ2) is 26.2. The number of fused-ring (bicyclic) bond motifs is 32. The molecule has 19 aromatic carbocycles. The number of benzene rings is 19. The van der Waals surface area contributed by atoms with Crippen LogP contribution >= 0.6 is 0 Å². The highest BCUT2D eigenvalue weighted by Gasteiger charge is 2.55. The third-order valence-corrected chi connectivity index (χ3v) is 29.6. The highest BCUT2D eigenvalue weighted by molar-refractivity contribution is 6.11. The molecule has 0 amide bonds. The second-order valence-corrected chi connectivity index (χ2v) is 36.2. The third kappa shape index (κ3) is 9.68. The molecule has 0 bridgehead atoms. The average molecular weight is 1610 g/mol. The van der Waals surface area contributed by atoms with E-state index in [1.807, 2.05) is 12.1 Å². The van der Waals surface area contributed by atoms with Gasteiger partial charge in [-0.25, -0.2) is 0 Å². The zero-order valence-corrected chi connectivity index (χ0v) is 69.8. The number of rotatable bonds is 11. The summed E-state index contributed by atoms with van der Waals surface area (Å²) in [5.41, 5.74) is 47.4. The van der Waals surface area contributed by atoms with Crippen LogP contribution in [-0.4, -0.2) is 0 Å². The Morgan fingerprint density at radius 1 is 0.214 bits per heavy atom. The highest BCUT2D eigenvalue weighted by Crippen LogP contribution is 2.67. The topological polar surface area (TPSA) is 32.8 Å². The summed E-state index contributed by atoms with van der Waals surface area (Å²) in [4.78, 5) is 5.10. The summed E-state index contributed by atoms with van der Waals surface area (Å²) in [6.07, 6.45) is 0.752. The van der Waals surface area contributed by atoms with Crippen LogP contribution in [0.3, 0.4) is 0 Å². The van der Waals surface area contributed by atoms with Crippen LogP contribution in [0.2, 0.25) is 0 Å². The molecule has 0 N–H and O–H groups in total. The monoisotopic (exact) mass is 1600 g/mol. The van der Waals surface area contributed by atoms with Crippen molar-refractivity contribution in [2.24, 2.45) is 0 Å². The maximum Gasteiger partial charge on any atom is 0.143 e. The molecule has 0 saturated carbocycles. The van der Waals surface area contributed by atoms with Gasteiger partial charge in [-0.1, -0.05) is 348 Å². The van der Waals surface area contributed by atoms with Crippen LogP contribution in [0, 0.1) is 0 Å². The summed E-state index contributed by atoms with van der Waals surface area (Å²) < 4.78 is 13.0. The van der Waals surface area contributed by atoms with Crippen molar-refractivity contribution in [2.75, 3.05) is 9.80 Å². The van der Waals surface area contributed by atoms with E-state index >= 15 is 0 Å². The Hall–Kier alpha value is -15.6. The van der Waals surface area contributed by atoms with Crippen LogP contribution in [0.25, 0.3) is 144 Å². The number of furan rings is 2. The van der Waals surface area contributed by atoms with Gasteiger partial charge in [0.2, 0.25) is 0 Å². The van der Waals surface area contributed by atoms with E-state index in [-0.39, 0.29) is 5.41 Å². The minimum absolute atomic E-state index is 0.219. The number of para-hydroxylation sites is 3. The number of hydrogen-bond acceptors (Lipinski definition) is 4. The number of hydrogen-bond donors (Lipinski definition) is 0. The quantitative estimate of drug-likeness (QED) is 0.129. The van der Waals surface area contributed by atoms with Gasteiger partial charge in [-0.2, -0.15) is 0 Å². The molecule has 2 spiro atoms. The van der Waals surface area contributed by atoms with E-state index in [9.17, 15) is 0 Å². The van der Waals surface area contributed by atoms with Crippen molar-refractivity contribution in [1.82, 2.24) is 0 Å². The van der Waals surface area contributed by atoms with Gasteiger partial charge >= 0.3 is 0 Å². The predicted octanol–water partition coefficient (Wildman–Crippen LogP) is 31.9. The molecule has 0 aliphatic heterocycles. The lowest BCUT2D eigenvalue weighted by Gasteiger charge is -2.34. The van der Waals surface area contributed by atoms with Gasteiger partial charge < -0.3 is 18.6 Å². The van der Waals surface area contributed by atoms with Gasteiger partial charge in [0.05, 0.1) is 16.5 Å². The lowest BCUT2D eigenvalue weighted by atomic mass is 9.69. The van der Waals surface area contributed by atoms with Crippen LogP contribution in [0.4, 0.5) is 34.1 Å². The Bertz CT molecular complexity index is 8180. The minimum Gasteiger partial charge on any atom is -0.456 e. The smallest absolute Gasteiger partial charge is 0.143 e. The molecule has 2 unspecified atom stereocenters. The average Bonchev–Trinajstić information content (AvgIpc) is 1.51. The maximum absolute atomic E-state index is 6.74. The first-order chi connectivity index (χ1) is 62.1. The Labute approximate surface area is 731 Å². The van der Waals surface area contributed by atoms with E-state index in [2.05, 4.69) is 437 Å². The lowest BCUT2D eigenvalue weighted by molar-refractivity contribution is 0.582. The van der Waals surface area contributed by atoms with Crippen LogP contribution in [0.5, 0.6) is 0 Å². The molecular weight excluding hydrogens is 1530 g/mol. The molecule has 2 aromatic heterocycles. The molecule has 0 radical (unpaired) electrons. The van der Waals surface area contributed by atoms with E-state index in [0.29, 0.717) is 0 Å². The van der Waals surface area contributed by atoms with Gasteiger partial charge in [0.1, 0.15) is 22.3 Å². The van der Waals surface area contributed by atoms with Crippen LogP contribution in [-0.2, 0) is 28.1 Å². The molecule has 4 nitrogen and oxygen atoms in total. The van der Waals surface area contributed by atoms with Crippen molar-refractivity contribution >= 4 is 78.0 Å². The molecule has 0 saturated heterocycles. The zero-order chi connectivity index (χ0) is 83.0. The summed E-state index contributed by atoms with van der Waals surface area (Å²) in [7, 11) is 0. The first-order valence-corrected chi connectivity index (χ1v) is 44.2. The van der Waals surface area contributed by atoms with Crippen molar-refractivity contribution in [2.45, 2.75) is 48.9 Å². The molecule has 21 aromatic rings. The summed E-state index contributed by atoms with van der Waals surface area (Å²) in [5.74, 6) is 0. The van der Waals surface area contributed by atoms with Gasteiger partial charge in [-0.05, 0) is 259 Å². The first kappa shape index (κ1) is 71.0. The van der Waals surface area contributed by atoms with E-state index in [1.54, 1.807) is 0 Å². The van der Waals surface area contributed by atoms with Crippen molar-refractivity contribution in [3.8, 4) is 100 Å². The fourth-order valence-electron chi connectivity index (χ4n) is 24.1. The molecule has 4 heteroatoms. The van der Waals surface area contributed by atoms with Crippen molar-refractivity contribution in [3.63, 3.8) is 0 Å². The fraction of sp³-hybridized carbons (Fsp3) is 0.0656. The van der Waals surface area contributed by atoms with E-state index < -0.39 is 16.2 Å². The third-order valence-electron chi connectivity index (χ3n) is 29.6. The van der Waals surface area contributed by atoms with E-state index in [1.165, 1.54) is 139 Å². The van der Waals surface area contributed by atoms with E-state index in [4.69, 9.17) is 8.83 Å². The molecule has 6 aliphatic rings. The van der Waals surface area contributed by atoms with Gasteiger partial charge in [0.25, 0.3) is 0 Å². The zero-order valence-electron chi connectivity index (χ0n) is 69.8. The predicted molar refractivity (Wildman–Crippen MR) is 519 cm³/mol. The molecule has 2 heterocycles. The normalized spacial score (nSPS) is 16.0. The van der Waals surface area contributed by atoms with Crippen LogP contribution in [0.15, 0.2) is 427 Å². The van der Waals surface area contributed by atoms with E-state index in [0.717, 1.165) is 118 Å². The molecule has 126 heavy (non-hydrogen) atoms. The summed E-state index contributed by atoms with van der Waals surface area (Å²) >= 11 is 0. The second-order valence-electron chi connectivity index (χ2n) is 36.2. The highest BCUT2D eigenvalue weighted by atomic mass is 16.3. The maximum atomic E-state index is 6.74. The molecule has 27 rings (SSSR count). The van der Waals surface area contributed by atoms with Crippen molar-refractivity contribution < 1.29 is 8.83 Å². The molecule has 590 valence electrons. The number of nitrogens with zero attached hydrogens (tertiary/aromatic N) is 2. The largest absolute Gasteiger partial charge is 0.456 e. The van der Waals surface area contributed by atoms with Gasteiger partial charge in [0, 0.05) is 71.9 Å². The molecule has 0 fully saturated rings. The first-order valence-electron chi connectivity index (χ1n) is 44.2. The van der Waals surface area contributed by atoms with Crippen LogP contribution < -0.4 is 9.80 Å². The summed E-state index contributed by atoms with van der Waals surface area (Å²) in [6, 6.07) is 158. The Morgan fingerprint density at radius 3 is 1.14 bits per heavy atom. The van der Waals surface area contributed by atoms with Gasteiger partial charge in [-0.15, -0.1) is 0 Å². The molecule has 2 atom stereocenters. The van der Waals surface area contributed by atoms with Crippen molar-refractivity contribution in [1.29, 1.82) is 0 Å². The Kier molecular flexibility index (Phi) is 14.8. The summed E-state index contributed by atoms with van der Waals surface area (Å²) in [5, 5.41) is 4.50. The summed E-state index contributed by atoms with van der Waals surface area (Å²) in [6.45, 7) is 7.31. The van der Waals surface area contributed by atoms with Crippen LogP contribution in [0.1, 0.15) is 93.1 Å². The SMILES string of the molecule is CC1(C)c2ccccc2-c2ccc(N(c3ccc(-c4ccc(-c5ccc6oc7ccccc7c6c5)cc4)cc3)c3ccc4c(c3)C3(c5ccccc5-c5ccc(CC6(C)c7ccccc7-c7c(N(c8ccc(-c9cccc%10c9oc9ccccc9%10)cc8)c8ccc9c(c8)C8(c%10ccccc%10-c%10ccccc%108)c8ccccc8-9)cccc76)cc53)c3ccccc3-4)cc21. The minimum atomic E-state index is -0.669. The number of anilines is 6.